The lowest BCUT2D eigenvalue weighted by molar-refractivity contribution is -0.136. The molecule has 0 radical (unpaired) electrons. The third-order valence-corrected chi connectivity index (χ3v) is 3.73. The maximum absolute atomic E-state index is 12.5. The molecule has 4 nitrogen and oxygen atoms in total. The van der Waals surface area contributed by atoms with Crippen molar-refractivity contribution in [3.05, 3.63) is 23.3 Å². The van der Waals surface area contributed by atoms with E-state index in [1.165, 1.54) is 0 Å². The molecule has 124 valence electrons. The highest BCUT2D eigenvalue weighted by Crippen LogP contribution is 2.29. The zero-order chi connectivity index (χ0) is 16.9. The van der Waals surface area contributed by atoms with Gasteiger partial charge >= 0.3 is 0 Å². The average Bonchev–Trinajstić information content (AvgIpc) is 2.42. The summed E-state index contributed by atoms with van der Waals surface area (Å²) >= 11 is 0. The van der Waals surface area contributed by atoms with Gasteiger partial charge in [0.2, 0.25) is 0 Å². The normalized spacial score (nSPS) is 13.8. The van der Waals surface area contributed by atoms with Gasteiger partial charge in [-0.3, -0.25) is 4.79 Å². The molecular weight excluding hydrogens is 278 g/mol. The predicted molar refractivity (Wildman–Crippen MR) is 90.6 cm³/mol. The Morgan fingerprint density at radius 1 is 1.27 bits per heavy atom. The monoisotopic (exact) mass is 307 g/mol. The topological polar surface area (TPSA) is 47.6 Å². The molecule has 1 amide bonds. The van der Waals surface area contributed by atoms with Crippen molar-refractivity contribution in [1.82, 2.24) is 0 Å². The highest BCUT2D eigenvalue weighted by molar-refractivity contribution is 5.97. The number of hydrogen-bond donors (Lipinski definition) is 1. The number of amides is 1. The smallest absolute Gasteiger partial charge is 0.256 e. The molecule has 0 saturated heterocycles. The largest absolute Gasteiger partial charge is 0.490 e. The van der Waals surface area contributed by atoms with Crippen molar-refractivity contribution in [2.75, 3.05) is 12.4 Å². The number of rotatable bonds is 7. The first kappa shape index (κ1) is 18.5. The van der Waals surface area contributed by atoms with Crippen LogP contribution in [0.25, 0.3) is 0 Å². The number of hydrogen-bond acceptors (Lipinski definition) is 3. The molecule has 22 heavy (non-hydrogen) atoms. The third kappa shape index (κ3) is 4.47. The van der Waals surface area contributed by atoms with E-state index >= 15 is 0 Å². The molecule has 1 N–H and O–H groups in total. The van der Waals surface area contributed by atoms with Gasteiger partial charge in [-0.05, 0) is 64.3 Å². The van der Waals surface area contributed by atoms with Crippen molar-refractivity contribution < 1.29 is 14.3 Å². The predicted octanol–water partition coefficient (Wildman–Crippen LogP) is 4.23. The molecule has 0 aliphatic carbocycles. The fraction of sp³-hybridized carbons (Fsp3) is 0.611. The summed E-state index contributed by atoms with van der Waals surface area (Å²) in [6, 6.07) is 3.87. The van der Waals surface area contributed by atoms with Gasteiger partial charge in [-0.15, -0.1) is 0 Å². The van der Waals surface area contributed by atoms with Gasteiger partial charge in [-0.25, -0.2) is 0 Å². The Kier molecular flexibility index (Phi) is 6.42. The van der Waals surface area contributed by atoms with Crippen molar-refractivity contribution in [3.8, 4) is 5.75 Å². The van der Waals surface area contributed by atoms with Gasteiger partial charge in [0.15, 0.2) is 0 Å². The van der Waals surface area contributed by atoms with Crippen LogP contribution in [0.4, 0.5) is 5.69 Å². The second-order valence-electron chi connectivity index (χ2n) is 6.24. The van der Waals surface area contributed by atoms with Gasteiger partial charge in [0.25, 0.3) is 5.91 Å². The third-order valence-electron chi connectivity index (χ3n) is 3.73. The van der Waals surface area contributed by atoms with Crippen LogP contribution in [0.5, 0.6) is 5.75 Å². The van der Waals surface area contributed by atoms with Crippen molar-refractivity contribution in [2.24, 2.45) is 0 Å². The standard InChI is InChI=1S/C18H29NO3/c1-8-9-18(6,21-7)17(20)19-15-10-13(4)16(14(5)11-15)22-12(2)3/h10-12H,8-9H2,1-7H3,(H,19,20)/t18-/m1/s1. The number of carbonyl (C=O) groups excluding carboxylic acids is 1. The molecule has 0 aromatic heterocycles. The van der Waals surface area contributed by atoms with E-state index in [-0.39, 0.29) is 12.0 Å². The van der Waals surface area contributed by atoms with E-state index in [4.69, 9.17) is 9.47 Å². The number of benzene rings is 1. The highest BCUT2D eigenvalue weighted by Gasteiger charge is 2.32. The molecule has 0 aliphatic heterocycles. The van der Waals surface area contributed by atoms with Crippen LogP contribution in [-0.4, -0.2) is 24.7 Å². The second kappa shape index (κ2) is 7.63. The number of anilines is 1. The zero-order valence-corrected chi connectivity index (χ0v) is 14.9. The molecule has 0 unspecified atom stereocenters. The van der Waals surface area contributed by atoms with Crippen molar-refractivity contribution in [1.29, 1.82) is 0 Å². The lowest BCUT2D eigenvalue weighted by Crippen LogP contribution is -2.41. The number of ether oxygens (including phenoxy) is 2. The molecule has 0 aliphatic rings. The molecule has 0 saturated carbocycles. The maximum atomic E-state index is 12.5. The van der Waals surface area contributed by atoms with Crippen LogP contribution in [0.1, 0.15) is 51.7 Å². The molecule has 0 bridgehead atoms. The van der Waals surface area contributed by atoms with Crippen LogP contribution in [0.3, 0.4) is 0 Å². The lowest BCUT2D eigenvalue weighted by atomic mass is 9.99. The summed E-state index contributed by atoms with van der Waals surface area (Å²) in [5.41, 5.74) is 2.00. The Morgan fingerprint density at radius 2 is 1.82 bits per heavy atom. The summed E-state index contributed by atoms with van der Waals surface area (Å²) in [6.45, 7) is 11.8. The van der Waals surface area contributed by atoms with Crippen LogP contribution < -0.4 is 10.1 Å². The molecule has 1 rings (SSSR count). The molecule has 0 spiro atoms. The van der Waals surface area contributed by atoms with Gasteiger partial charge in [-0.2, -0.15) is 0 Å². The Morgan fingerprint density at radius 3 is 2.23 bits per heavy atom. The van der Waals surface area contributed by atoms with Gasteiger partial charge in [0.1, 0.15) is 11.4 Å². The number of aryl methyl sites for hydroxylation is 2. The van der Waals surface area contributed by atoms with Crippen LogP contribution in [0.15, 0.2) is 12.1 Å². The van der Waals surface area contributed by atoms with Crippen LogP contribution in [0, 0.1) is 13.8 Å². The minimum Gasteiger partial charge on any atom is -0.490 e. The summed E-state index contributed by atoms with van der Waals surface area (Å²) in [4.78, 5) is 12.5. The first-order valence-corrected chi connectivity index (χ1v) is 7.88. The summed E-state index contributed by atoms with van der Waals surface area (Å²) < 4.78 is 11.2. The van der Waals surface area contributed by atoms with E-state index < -0.39 is 5.60 Å². The van der Waals surface area contributed by atoms with Crippen LogP contribution in [0.2, 0.25) is 0 Å². The minimum atomic E-state index is -0.802. The second-order valence-corrected chi connectivity index (χ2v) is 6.24. The van der Waals surface area contributed by atoms with Gasteiger partial charge in [0.05, 0.1) is 6.10 Å². The van der Waals surface area contributed by atoms with E-state index in [0.717, 1.165) is 29.0 Å². The van der Waals surface area contributed by atoms with E-state index in [1.54, 1.807) is 7.11 Å². The number of carbonyl (C=O) groups is 1. The van der Waals surface area contributed by atoms with Gasteiger partial charge in [-0.1, -0.05) is 13.3 Å². The minimum absolute atomic E-state index is 0.117. The summed E-state index contributed by atoms with van der Waals surface area (Å²) in [7, 11) is 1.57. The van der Waals surface area contributed by atoms with E-state index in [0.29, 0.717) is 6.42 Å². The Labute approximate surface area is 134 Å². The molecule has 0 heterocycles. The molecule has 1 aromatic rings. The summed E-state index contributed by atoms with van der Waals surface area (Å²) in [5, 5.41) is 2.96. The Bertz CT molecular complexity index is 502. The fourth-order valence-electron chi connectivity index (χ4n) is 2.49. The zero-order valence-electron chi connectivity index (χ0n) is 14.9. The Hall–Kier alpha value is -1.55. The SMILES string of the molecule is CCC[C@@](C)(OC)C(=O)Nc1cc(C)c(OC(C)C)c(C)c1. The molecule has 1 atom stereocenters. The number of methoxy groups -OCH3 is 1. The van der Waals surface area contributed by atoms with Crippen molar-refractivity contribution in [2.45, 2.75) is 66.1 Å². The Balaban J connectivity index is 2.97. The molecule has 0 fully saturated rings. The molecule has 4 heteroatoms. The summed E-state index contributed by atoms with van der Waals surface area (Å²) in [5.74, 6) is 0.768. The lowest BCUT2D eigenvalue weighted by Gasteiger charge is -2.26. The average molecular weight is 307 g/mol. The molecular formula is C18H29NO3. The van der Waals surface area contributed by atoms with Gasteiger partial charge < -0.3 is 14.8 Å². The van der Waals surface area contributed by atoms with Crippen LogP contribution in [-0.2, 0) is 9.53 Å². The number of nitrogens with one attached hydrogen (secondary N) is 1. The van der Waals surface area contributed by atoms with E-state index in [9.17, 15) is 4.79 Å². The highest BCUT2D eigenvalue weighted by atomic mass is 16.5. The van der Waals surface area contributed by atoms with Crippen molar-refractivity contribution in [3.63, 3.8) is 0 Å². The van der Waals surface area contributed by atoms with Gasteiger partial charge in [0, 0.05) is 12.8 Å². The maximum Gasteiger partial charge on any atom is 0.256 e. The van der Waals surface area contributed by atoms with Crippen molar-refractivity contribution >= 4 is 11.6 Å². The van der Waals surface area contributed by atoms with E-state index in [2.05, 4.69) is 5.32 Å². The fourth-order valence-corrected chi connectivity index (χ4v) is 2.49. The first-order valence-electron chi connectivity index (χ1n) is 7.88. The summed E-state index contributed by atoms with van der Waals surface area (Å²) in [6.07, 6.45) is 1.69. The molecule has 1 aromatic carbocycles. The van der Waals surface area contributed by atoms with Crippen LogP contribution >= 0.6 is 0 Å². The quantitative estimate of drug-likeness (QED) is 0.820. The van der Waals surface area contributed by atoms with E-state index in [1.807, 2.05) is 53.7 Å². The first-order chi connectivity index (χ1) is 10.2.